The van der Waals surface area contributed by atoms with Crippen LogP contribution in [-0.4, -0.2) is 21.0 Å². The van der Waals surface area contributed by atoms with Crippen LogP contribution >= 0.6 is 11.6 Å². The highest BCUT2D eigenvalue weighted by atomic mass is 35.5. The van der Waals surface area contributed by atoms with E-state index >= 15 is 0 Å². The molecule has 0 fully saturated rings. The SMILES string of the molecule is Cc1ncc(Nc2ccc(Cl)c(C(=O)O)c2)nc1C. The number of nitrogens with zero attached hydrogens (tertiary/aromatic N) is 2. The number of nitrogens with one attached hydrogen (secondary N) is 1. The molecule has 2 rings (SSSR count). The van der Waals surface area contributed by atoms with Crippen molar-refractivity contribution in [1.29, 1.82) is 0 Å². The van der Waals surface area contributed by atoms with Gasteiger partial charge in [0.15, 0.2) is 0 Å². The Hall–Kier alpha value is -2.14. The van der Waals surface area contributed by atoms with Gasteiger partial charge in [-0.2, -0.15) is 0 Å². The first-order chi connectivity index (χ1) is 8.97. The van der Waals surface area contributed by atoms with Crippen LogP contribution in [0, 0.1) is 13.8 Å². The molecular weight excluding hydrogens is 266 g/mol. The lowest BCUT2D eigenvalue weighted by molar-refractivity contribution is 0.0697. The van der Waals surface area contributed by atoms with E-state index in [1.54, 1.807) is 12.3 Å². The average Bonchev–Trinajstić information content (AvgIpc) is 2.36. The monoisotopic (exact) mass is 277 g/mol. The Morgan fingerprint density at radius 3 is 2.68 bits per heavy atom. The zero-order chi connectivity index (χ0) is 14.0. The first-order valence-electron chi connectivity index (χ1n) is 5.57. The van der Waals surface area contributed by atoms with Crippen molar-refractivity contribution in [3.05, 3.63) is 46.4 Å². The standard InChI is InChI=1S/C13H12ClN3O2/c1-7-8(2)16-12(6-15-7)17-9-3-4-11(14)10(5-9)13(18)19/h3-6H,1-2H3,(H,16,17)(H,18,19). The summed E-state index contributed by atoms with van der Waals surface area (Å²) in [7, 11) is 0. The van der Waals surface area contributed by atoms with Gasteiger partial charge in [0.25, 0.3) is 0 Å². The molecule has 98 valence electrons. The second-order valence-corrected chi connectivity index (χ2v) is 4.46. The number of carboxylic acids is 1. The van der Waals surface area contributed by atoms with E-state index < -0.39 is 5.97 Å². The molecule has 0 aliphatic rings. The third kappa shape index (κ3) is 3.00. The third-order valence-electron chi connectivity index (χ3n) is 2.66. The lowest BCUT2D eigenvalue weighted by Gasteiger charge is -2.08. The highest BCUT2D eigenvalue weighted by molar-refractivity contribution is 6.33. The minimum absolute atomic E-state index is 0.0449. The Morgan fingerprint density at radius 2 is 2.05 bits per heavy atom. The maximum absolute atomic E-state index is 11.0. The van der Waals surface area contributed by atoms with Gasteiger partial charge in [-0.1, -0.05) is 11.6 Å². The fourth-order valence-electron chi connectivity index (χ4n) is 1.52. The molecule has 0 saturated carbocycles. The number of aryl methyl sites for hydroxylation is 2. The fourth-order valence-corrected chi connectivity index (χ4v) is 1.72. The van der Waals surface area contributed by atoms with Crippen LogP contribution in [-0.2, 0) is 0 Å². The molecule has 1 heterocycles. The van der Waals surface area contributed by atoms with Crippen LogP contribution in [0.5, 0.6) is 0 Å². The lowest BCUT2D eigenvalue weighted by atomic mass is 10.2. The van der Waals surface area contributed by atoms with Gasteiger partial charge >= 0.3 is 5.97 Å². The van der Waals surface area contributed by atoms with Crippen LogP contribution < -0.4 is 5.32 Å². The van der Waals surface area contributed by atoms with Crippen molar-refractivity contribution in [2.45, 2.75) is 13.8 Å². The predicted molar refractivity (Wildman–Crippen MR) is 73.2 cm³/mol. The fraction of sp³-hybridized carbons (Fsp3) is 0.154. The van der Waals surface area contributed by atoms with E-state index in [0.29, 0.717) is 11.5 Å². The van der Waals surface area contributed by atoms with E-state index in [1.807, 2.05) is 13.8 Å². The molecule has 0 unspecified atom stereocenters. The molecule has 0 bridgehead atoms. The van der Waals surface area contributed by atoms with E-state index in [1.165, 1.54) is 12.1 Å². The number of rotatable bonds is 3. The van der Waals surface area contributed by atoms with Crippen LogP contribution in [0.2, 0.25) is 5.02 Å². The lowest BCUT2D eigenvalue weighted by Crippen LogP contribution is -2.01. The van der Waals surface area contributed by atoms with Crippen LogP contribution in [0.25, 0.3) is 0 Å². The molecule has 2 aromatic rings. The molecule has 0 atom stereocenters. The summed E-state index contributed by atoms with van der Waals surface area (Å²) in [5, 5.41) is 12.2. The molecule has 1 aromatic carbocycles. The maximum atomic E-state index is 11.0. The Labute approximate surface area is 115 Å². The highest BCUT2D eigenvalue weighted by Crippen LogP contribution is 2.22. The van der Waals surface area contributed by atoms with Crippen molar-refractivity contribution in [2.75, 3.05) is 5.32 Å². The molecule has 6 heteroatoms. The van der Waals surface area contributed by atoms with Crippen molar-refractivity contribution in [3.8, 4) is 0 Å². The van der Waals surface area contributed by atoms with Gasteiger partial charge in [0.05, 0.1) is 28.2 Å². The van der Waals surface area contributed by atoms with E-state index in [-0.39, 0.29) is 10.6 Å². The Kier molecular flexibility index (Phi) is 3.66. The topological polar surface area (TPSA) is 75.1 Å². The van der Waals surface area contributed by atoms with Gasteiger partial charge < -0.3 is 10.4 Å². The number of aromatic nitrogens is 2. The average molecular weight is 278 g/mol. The molecule has 0 radical (unpaired) electrons. The van der Waals surface area contributed by atoms with Gasteiger partial charge in [0.1, 0.15) is 5.82 Å². The summed E-state index contributed by atoms with van der Waals surface area (Å²) in [5.41, 5.74) is 2.31. The molecule has 0 aliphatic heterocycles. The van der Waals surface area contributed by atoms with Gasteiger partial charge in [-0.15, -0.1) is 0 Å². The summed E-state index contributed by atoms with van der Waals surface area (Å²) < 4.78 is 0. The smallest absolute Gasteiger partial charge is 0.337 e. The molecule has 19 heavy (non-hydrogen) atoms. The number of carbonyl (C=O) groups is 1. The minimum atomic E-state index is -1.07. The Morgan fingerprint density at radius 1 is 1.32 bits per heavy atom. The molecule has 0 saturated heterocycles. The third-order valence-corrected chi connectivity index (χ3v) is 2.99. The summed E-state index contributed by atoms with van der Waals surface area (Å²) in [5.74, 6) is -0.512. The molecule has 0 aliphatic carbocycles. The first-order valence-corrected chi connectivity index (χ1v) is 5.95. The number of anilines is 2. The van der Waals surface area contributed by atoms with Crippen molar-refractivity contribution in [2.24, 2.45) is 0 Å². The molecule has 2 N–H and O–H groups in total. The van der Waals surface area contributed by atoms with Gasteiger partial charge in [-0.3, -0.25) is 4.98 Å². The number of aromatic carboxylic acids is 1. The number of hydrogen-bond donors (Lipinski definition) is 2. The molecule has 5 nitrogen and oxygen atoms in total. The van der Waals surface area contributed by atoms with E-state index in [9.17, 15) is 4.79 Å². The van der Waals surface area contributed by atoms with Crippen LogP contribution in [0.3, 0.4) is 0 Å². The van der Waals surface area contributed by atoms with Crippen molar-refractivity contribution >= 4 is 29.1 Å². The van der Waals surface area contributed by atoms with E-state index in [4.69, 9.17) is 16.7 Å². The molecule has 1 aromatic heterocycles. The highest BCUT2D eigenvalue weighted by Gasteiger charge is 2.10. The Bertz CT molecular complexity index is 644. The normalized spacial score (nSPS) is 10.3. The van der Waals surface area contributed by atoms with Crippen molar-refractivity contribution in [1.82, 2.24) is 9.97 Å². The van der Waals surface area contributed by atoms with Gasteiger partial charge in [-0.25, -0.2) is 9.78 Å². The number of hydrogen-bond acceptors (Lipinski definition) is 4. The minimum Gasteiger partial charge on any atom is -0.478 e. The number of carboxylic acid groups (broad SMARTS) is 1. The molecular formula is C13H12ClN3O2. The summed E-state index contributed by atoms with van der Waals surface area (Å²) in [6, 6.07) is 4.68. The van der Waals surface area contributed by atoms with Crippen molar-refractivity contribution < 1.29 is 9.90 Å². The Balaban J connectivity index is 2.30. The second kappa shape index (κ2) is 5.24. The molecule has 0 amide bonds. The van der Waals surface area contributed by atoms with Crippen molar-refractivity contribution in [3.63, 3.8) is 0 Å². The van der Waals surface area contributed by atoms with Gasteiger partial charge in [-0.05, 0) is 32.0 Å². The largest absolute Gasteiger partial charge is 0.478 e. The van der Waals surface area contributed by atoms with Gasteiger partial charge in [0, 0.05) is 5.69 Å². The van der Waals surface area contributed by atoms with Crippen LogP contribution in [0.4, 0.5) is 11.5 Å². The summed E-state index contributed by atoms with van der Waals surface area (Å²) in [6.45, 7) is 3.73. The van der Waals surface area contributed by atoms with Crippen LogP contribution in [0.1, 0.15) is 21.7 Å². The zero-order valence-corrected chi connectivity index (χ0v) is 11.2. The van der Waals surface area contributed by atoms with E-state index in [0.717, 1.165) is 11.4 Å². The van der Waals surface area contributed by atoms with E-state index in [2.05, 4.69) is 15.3 Å². The second-order valence-electron chi connectivity index (χ2n) is 4.05. The molecule has 0 spiro atoms. The first kappa shape index (κ1) is 13.3. The quantitative estimate of drug-likeness (QED) is 0.901. The maximum Gasteiger partial charge on any atom is 0.337 e. The summed E-state index contributed by atoms with van der Waals surface area (Å²) >= 11 is 5.80. The zero-order valence-electron chi connectivity index (χ0n) is 10.4. The summed E-state index contributed by atoms with van der Waals surface area (Å²) in [6.07, 6.45) is 1.59. The van der Waals surface area contributed by atoms with Crippen LogP contribution in [0.15, 0.2) is 24.4 Å². The number of benzene rings is 1. The predicted octanol–water partition coefficient (Wildman–Crippen LogP) is 3.19. The number of halogens is 1. The van der Waals surface area contributed by atoms with Gasteiger partial charge in [0.2, 0.25) is 0 Å². The summed E-state index contributed by atoms with van der Waals surface area (Å²) in [4.78, 5) is 19.5.